The summed E-state index contributed by atoms with van der Waals surface area (Å²) in [5.74, 6) is 0.118. The fourth-order valence-electron chi connectivity index (χ4n) is 2.36. The number of hydrogen-bond donors (Lipinski definition) is 2. The van der Waals surface area contributed by atoms with E-state index in [-0.39, 0.29) is 18.3 Å². The molecule has 2 rings (SSSR count). The number of aryl methyl sites for hydroxylation is 1. The first-order chi connectivity index (χ1) is 8.78. The van der Waals surface area contributed by atoms with Crippen LogP contribution in [0.2, 0.25) is 0 Å². The van der Waals surface area contributed by atoms with Crippen LogP contribution in [0.4, 0.5) is 5.69 Å². The fraction of sp³-hybridized carbons (Fsp3) is 0.533. The van der Waals surface area contributed by atoms with Crippen molar-refractivity contribution in [1.82, 2.24) is 5.32 Å². The Morgan fingerprint density at radius 3 is 2.68 bits per heavy atom. The monoisotopic (exact) mass is 282 g/mol. The van der Waals surface area contributed by atoms with E-state index in [9.17, 15) is 4.79 Å². The van der Waals surface area contributed by atoms with Crippen molar-refractivity contribution in [3.63, 3.8) is 0 Å². The van der Waals surface area contributed by atoms with Gasteiger partial charge in [-0.3, -0.25) is 4.79 Å². The van der Waals surface area contributed by atoms with Gasteiger partial charge in [-0.1, -0.05) is 19.1 Å². The average Bonchev–Trinajstić information content (AvgIpc) is 2.90. The van der Waals surface area contributed by atoms with Crippen LogP contribution in [0.25, 0.3) is 0 Å². The molecule has 0 spiro atoms. The summed E-state index contributed by atoms with van der Waals surface area (Å²) < 4.78 is 0. The zero-order chi connectivity index (χ0) is 12.8. The number of benzene rings is 1. The van der Waals surface area contributed by atoms with Gasteiger partial charge < -0.3 is 10.6 Å². The summed E-state index contributed by atoms with van der Waals surface area (Å²) in [4.78, 5) is 11.8. The van der Waals surface area contributed by atoms with Gasteiger partial charge in [-0.15, -0.1) is 12.4 Å². The highest BCUT2D eigenvalue weighted by atomic mass is 35.5. The molecular formula is C15H23ClN2O. The SMILES string of the molecule is CCc1ccc(NC(=O)CCC2CCCN2)cc1.Cl. The molecule has 1 aromatic rings. The lowest BCUT2D eigenvalue weighted by atomic mass is 10.1. The van der Waals surface area contributed by atoms with Crippen LogP contribution < -0.4 is 10.6 Å². The topological polar surface area (TPSA) is 41.1 Å². The van der Waals surface area contributed by atoms with E-state index in [2.05, 4.69) is 29.7 Å². The largest absolute Gasteiger partial charge is 0.326 e. The van der Waals surface area contributed by atoms with E-state index in [0.29, 0.717) is 12.5 Å². The molecule has 1 aliphatic rings. The third-order valence-corrected chi connectivity index (χ3v) is 3.53. The molecule has 0 aliphatic carbocycles. The average molecular weight is 283 g/mol. The smallest absolute Gasteiger partial charge is 0.224 e. The van der Waals surface area contributed by atoms with Crippen LogP contribution in [0.5, 0.6) is 0 Å². The lowest BCUT2D eigenvalue weighted by Gasteiger charge is -2.10. The lowest BCUT2D eigenvalue weighted by Crippen LogP contribution is -2.23. The van der Waals surface area contributed by atoms with Gasteiger partial charge in [0.15, 0.2) is 0 Å². The first kappa shape index (κ1) is 16.0. The van der Waals surface area contributed by atoms with Crippen molar-refractivity contribution in [2.75, 3.05) is 11.9 Å². The summed E-state index contributed by atoms with van der Waals surface area (Å²) in [7, 11) is 0. The molecule has 4 heteroatoms. The maximum Gasteiger partial charge on any atom is 0.224 e. The van der Waals surface area contributed by atoms with Gasteiger partial charge in [0, 0.05) is 18.2 Å². The van der Waals surface area contributed by atoms with Gasteiger partial charge in [-0.2, -0.15) is 0 Å². The molecule has 0 radical (unpaired) electrons. The number of hydrogen-bond acceptors (Lipinski definition) is 2. The third kappa shape index (κ3) is 5.21. The Morgan fingerprint density at radius 2 is 2.11 bits per heavy atom. The maximum atomic E-state index is 11.8. The molecule has 2 N–H and O–H groups in total. The van der Waals surface area contributed by atoms with E-state index < -0.39 is 0 Å². The second kappa shape index (κ2) is 8.18. The minimum absolute atomic E-state index is 0. The molecule has 0 bridgehead atoms. The number of carbonyl (C=O) groups excluding carboxylic acids is 1. The molecule has 1 unspecified atom stereocenters. The number of amides is 1. The molecule has 1 atom stereocenters. The van der Waals surface area contributed by atoms with Crippen molar-refractivity contribution in [3.05, 3.63) is 29.8 Å². The first-order valence-corrected chi connectivity index (χ1v) is 6.90. The van der Waals surface area contributed by atoms with E-state index in [0.717, 1.165) is 25.1 Å². The van der Waals surface area contributed by atoms with Gasteiger partial charge in [-0.25, -0.2) is 0 Å². The number of nitrogens with one attached hydrogen (secondary N) is 2. The highest BCUT2D eigenvalue weighted by molar-refractivity contribution is 5.90. The van der Waals surface area contributed by atoms with Gasteiger partial charge >= 0.3 is 0 Å². The number of rotatable bonds is 5. The number of anilines is 1. The molecule has 1 fully saturated rings. The second-order valence-electron chi connectivity index (χ2n) is 4.93. The summed E-state index contributed by atoms with van der Waals surface area (Å²) in [5, 5.41) is 6.36. The normalized spacial score (nSPS) is 17.8. The summed E-state index contributed by atoms with van der Waals surface area (Å²) in [6, 6.07) is 8.62. The van der Waals surface area contributed by atoms with E-state index in [1.807, 2.05) is 12.1 Å². The van der Waals surface area contributed by atoms with Crippen LogP contribution in [0.1, 0.15) is 38.2 Å². The molecule has 1 saturated heterocycles. The molecule has 19 heavy (non-hydrogen) atoms. The molecule has 1 aliphatic heterocycles. The van der Waals surface area contributed by atoms with Crippen LogP contribution in [0.15, 0.2) is 24.3 Å². The van der Waals surface area contributed by atoms with Crippen LogP contribution >= 0.6 is 12.4 Å². The van der Waals surface area contributed by atoms with Crippen LogP contribution in [0, 0.1) is 0 Å². The van der Waals surface area contributed by atoms with E-state index >= 15 is 0 Å². The van der Waals surface area contributed by atoms with Crippen molar-refractivity contribution in [3.8, 4) is 0 Å². The van der Waals surface area contributed by atoms with Crippen LogP contribution in [-0.2, 0) is 11.2 Å². The molecular weight excluding hydrogens is 260 g/mol. The van der Waals surface area contributed by atoms with Crippen molar-refractivity contribution < 1.29 is 4.79 Å². The zero-order valence-electron chi connectivity index (χ0n) is 11.4. The molecule has 106 valence electrons. The first-order valence-electron chi connectivity index (χ1n) is 6.90. The van der Waals surface area contributed by atoms with Gasteiger partial charge in [0.25, 0.3) is 0 Å². The molecule has 0 aromatic heterocycles. The Bertz CT molecular complexity index is 386. The Balaban J connectivity index is 0.00000180. The lowest BCUT2D eigenvalue weighted by molar-refractivity contribution is -0.116. The quantitative estimate of drug-likeness (QED) is 0.871. The number of carbonyl (C=O) groups is 1. The van der Waals surface area contributed by atoms with Crippen molar-refractivity contribution in [2.24, 2.45) is 0 Å². The fourth-order valence-corrected chi connectivity index (χ4v) is 2.36. The summed E-state index contributed by atoms with van der Waals surface area (Å²) in [5.41, 5.74) is 2.19. The molecule has 0 saturated carbocycles. The Hall–Kier alpha value is -1.06. The Morgan fingerprint density at radius 1 is 1.37 bits per heavy atom. The highest BCUT2D eigenvalue weighted by Gasteiger charge is 2.15. The van der Waals surface area contributed by atoms with Crippen LogP contribution in [-0.4, -0.2) is 18.5 Å². The summed E-state index contributed by atoms with van der Waals surface area (Å²) in [6.45, 7) is 3.23. The molecule has 1 amide bonds. The molecule has 3 nitrogen and oxygen atoms in total. The van der Waals surface area contributed by atoms with Crippen molar-refractivity contribution in [1.29, 1.82) is 0 Å². The highest BCUT2D eigenvalue weighted by Crippen LogP contribution is 2.13. The second-order valence-corrected chi connectivity index (χ2v) is 4.93. The van der Waals surface area contributed by atoms with Crippen molar-refractivity contribution in [2.45, 2.75) is 45.1 Å². The van der Waals surface area contributed by atoms with Crippen molar-refractivity contribution >= 4 is 24.0 Å². The van der Waals surface area contributed by atoms with E-state index in [1.54, 1.807) is 0 Å². The third-order valence-electron chi connectivity index (χ3n) is 3.53. The number of halogens is 1. The minimum Gasteiger partial charge on any atom is -0.326 e. The van der Waals surface area contributed by atoms with E-state index in [1.165, 1.54) is 18.4 Å². The van der Waals surface area contributed by atoms with Gasteiger partial charge in [0.2, 0.25) is 5.91 Å². The minimum atomic E-state index is 0. The summed E-state index contributed by atoms with van der Waals surface area (Å²) >= 11 is 0. The zero-order valence-corrected chi connectivity index (χ0v) is 12.3. The van der Waals surface area contributed by atoms with Crippen LogP contribution in [0.3, 0.4) is 0 Å². The van der Waals surface area contributed by atoms with E-state index in [4.69, 9.17) is 0 Å². The molecule has 1 aromatic carbocycles. The van der Waals surface area contributed by atoms with Gasteiger partial charge in [0.05, 0.1) is 0 Å². The molecule has 1 heterocycles. The van der Waals surface area contributed by atoms with Gasteiger partial charge in [0.1, 0.15) is 0 Å². The van der Waals surface area contributed by atoms with Gasteiger partial charge in [-0.05, 0) is 49.9 Å². The predicted molar refractivity (Wildman–Crippen MR) is 82.0 cm³/mol. The standard InChI is InChI=1S/C15H22N2O.ClH/c1-2-12-5-7-14(8-6-12)17-15(18)10-9-13-4-3-11-16-13;/h5-8,13,16H,2-4,9-11H2,1H3,(H,17,18);1H. The Labute approximate surface area is 121 Å². The summed E-state index contributed by atoms with van der Waals surface area (Å²) in [6.07, 6.45) is 5.02. The Kier molecular flexibility index (Phi) is 6.89. The predicted octanol–water partition coefficient (Wildman–Crippen LogP) is 3.14. The maximum absolute atomic E-state index is 11.8.